The number of halogens is 2. The monoisotopic (exact) mass is 487 g/mol. The Hall–Kier alpha value is -2.81. The summed E-state index contributed by atoms with van der Waals surface area (Å²) in [7, 11) is 1.23. The number of nitrogens with zero attached hydrogens (tertiary/aromatic N) is 3. The number of aromatic nitrogens is 3. The van der Waals surface area contributed by atoms with Gasteiger partial charge in [0, 0.05) is 5.56 Å². The number of pyridine rings is 1. The van der Waals surface area contributed by atoms with Crippen LogP contribution in [-0.4, -0.2) is 27.8 Å². The Balaban J connectivity index is 1.79. The van der Waals surface area contributed by atoms with E-state index in [1.807, 2.05) is 47.1 Å². The lowest BCUT2D eigenvalue weighted by molar-refractivity contribution is 0.0595. The second-order valence-corrected chi connectivity index (χ2v) is 7.21. The maximum Gasteiger partial charge on any atom is 0.340 e. The van der Waals surface area contributed by atoms with Crippen LogP contribution in [0.25, 0.3) is 22.3 Å². The number of ether oxygens (including phenoxy) is 1. The lowest BCUT2D eigenvalue weighted by Crippen LogP contribution is -2.05. The van der Waals surface area contributed by atoms with Crippen molar-refractivity contribution in [2.45, 2.75) is 6.54 Å². The minimum atomic E-state index is -0.718. The summed E-state index contributed by atoms with van der Waals surface area (Å²) in [6, 6.07) is 18.1. The van der Waals surface area contributed by atoms with Crippen molar-refractivity contribution in [1.82, 2.24) is 14.8 Å². The smallest absolute Gasteiger partial charge is 0.340 e. The largest absolute Gasteiger partial charge is 0.465 e. The molecule has 0 amide bonds. The molecule has 4 aromatic rings. The van der Waals surface area contributed by atoms with Crippen LogP contribution in [0.2, 0.25) is 0 Å². The third-order valence-corrected chi connectivity index (χ3v) is 5.19. The summed E-state index contributed by atoms with van der Waals surface area (Å²) in [6.07, 6.45) is 0. The highest BCUT2D eigenvalue weighted by Crippen LogP contribution is 2.26. The Kier molecular flexibility index (Phi) is 5.08. The number of esters is 1. The van der Waals surface area contributed by atoms with Crippen molar-refractivity contribution in [2.24, 2.45) is 0 Å². The topological polar surface area (TPSA) is 57.0 Å². The fourth-order valence-electron chi connectivity index (χ4n) is 2.99. The number of rotatable bonds is 4. The average molecular weight is 487 g/mol. The summed E-state index contributed by atoms with van der Waals surface area (Å²) in [5.41, 5.74) is 2.99. The highest BCUT2D eigenvalue weighted by Gasteiger charge is 2.16. The van der Waals surface area contributed by atoms with Gasteiger partial charge in [-0.3, -0.25) is 0 Å². The van der Waals surface area contributed by atoms with Crippen LogP contribution in [0.3, 0.4) is 0 Å². The van der Waals surface area contributed by atoms with Gasteiger partial charge in [-0.1, -0.05) is 30.3 Å². The van der Waals surface area contributed by atoms with E-state index in [-0.39, 0.29) is 5.56 Å². The molecule has 0 aliphatic carbocycles. The fraction of sp³-hybridized carbons (Fsp3) is 0.0952. The third-order valence-electron chi connectivity index (χ3n) is 4.39. The molecule has 2 aromatic heterocycles. The molecule has 0 unspecified atom stereocenters. The molecule has 140 valence electrons. The second kappa shape index (κ2) is 7.67. The van der Waals surface area contributed by atoms with E-state index < -0.39 is 11.8 Å². The van der Waals surface area contributed by atoms with Crippen LogP contribution in [-0.2, 0) is 11.3 Å². The van der Waals surface area contributed by atoms with E-state index in [4.69, 9.17) is 4.98 Å². The van der Waals surface area contributed by atoms with E-state index in [0.29, 0.717) is 17.8 Å². The van der Waals surface area contributed by atoms with Crippen molar-refractivity contribution in [1.29, 1.82) is 0 Å². The zero-order valence-electron chi connectivity index (χ0n) is 14.9. The number of benzene rings is 2. The first-order chi connectivity index (χ1) is 13.6. The lowest BCUT2D eigenvalue weighted by Gasteiger charge is -2.07. The van der Waals surface area contributed by atoms with Crippen molar-refractivity contribution < 1.29 is 13.9 Å². The molecule has 7 heteroatoms. The molecule has 0 aliphatic rings. The van der Waals surface area contributed by atoms with Crippen LogP contribution in [0.1, 0.15) is 15.9 Å². The molecule has 0 N–H and O–H groups in total. The molecule has 28 heavy (non-hydrogen) atoms. The maximum absolute atomic E-state index is 13.9. The van der Waals surface area contributed by atoms with E-state index in [0.717, 1.165) is 20.3 Å². The maximum atomic E-state index is 13.9. The van der Waals surface area contributed by atoms with Crippen LogP contribution in [0, 0.1) is 9.52 Å². The molecular formula is C21H15FIN3O2. The quantitative estimate of drug-likeness (QED) is 0.310. The van der Waals surface area contributed by atoms with Gasteiger partial charge in [0.05, 0.1) is 30.3 Å². The van der Waals surface area contributed by atoms with Crippen molar-refractivity contribution in [3.8, 4) is 11.3 Å². The summed E-state index contributed by atoms with van der Waals surface area (Å²) in [6.45, 7) is 0.591. The number of fused-ring (bicyclic) bond motifs is 1. The van der Waals surface area contributed by atoms with Crippen LogP contribution < -0.4 is 0 Å². The molecule has 2 heterocycles. The summed E-state index contributed by atoms with van der Waals surface area (Å²) in [5.74, 6) is -1.34. The third kappa shape index (κ3) is 3.49. The molecule has 2 aromatic carbocycles. The van der Waals surface area contributed by atoms with Gasteiger partial charge in [0.2, 0.25) is 0 Å². The van der Waals surface area contributed by atoms with Crippen molar-refractivity contribution in [3.05, 3.63) is 81.3 Å². The number of methoxy groups -OCH3 is 1. The normalized spacial score (nSPS) is 11.0. The Morgan fingerprint density at radius 1 is 1.14 bits per heavy atom. The lowest BCUT2D eigenvalue weighted by atomic mass is 10.1. The molecule has 0 fully saturated rings. The van der Waals surface area contributed by atoms with Crippen molar-refractivity contribution in [2.75, 3.05) is 7.11 Å². The van der Waals surface area contributed by atoms with Gasteiger partial charge in [-0.2, -0.15) is 5.10 Å². The van der Waals surface area contributed by atoms with Crippen LogP contribution in [0.4, 0.5) is 4.39 Å². The highest BCUT2D eigenvalue weighted by atomic mass is 127. The fourth-order valence-corrected chi connectivity index (χ4v) is 3.67. The first kappa shape index (κ1) is 18.5. The second-order valence-electron chi connectivity index (χ2n) is 6.19. The Morgan fingerprint density at radius 2 is 1.93 bits per heavy atom. The van der Waals surface area contributed by atoms with Gasteiger partial charge >= 0.3 is 5.97 Å². The van der Waals surface area contributed by atoms with Crippen LogP contribution >= 0.6 is 22.6 Å². The first-order valence-corrected chi connectivity index (χ1v) is 9.60. The molecule has 0 spiro atoms. The Bertz CT molecular complexity index is 1180. The van der Waals surface area contributed by atoms with Gasteiger partial charge < -0.3 is 4.74 Å². The average Bonchev–Trinajstić information content (AvgIpc) is 3.03. The van der Waals surface area contributed by atoms with Gasteiger partial charge in [0.15, 0.2) is 5.65 Å². The van der Waals surface area contributed by atoms with Gasteiger partial charge in [-0.05, 0) is 58.5 Å². The first-order valence-electron chi connectivity index (χ1n) is 8.52. The molecule has 0 aliphatic heterocycles. The van der Waals surface area contributed by atoms with Crippen LogP contribution in [0.5, 0.6) is 0 Å². The minimum absolute atomic E-state index is 0.116. The van der Waals surface area contributed by atoms with Gasteiger partial charge in [-0.15, -0.1) is 0 Å². The molecular weight excluding hydrogens is 472 g/mol. The zero-order valence-corrected chi connectivity index (χ0v) is 17.1. The van der Waals surface area contributed by atoms with E-state index in [9.17, 15) is 9.18 Å². The number of carbonyl (C=O) groups is 1. The molecule has 0 radical (unpaired) electrons. The predicted molar refractivity (Wildman–Crippen MR) is 113 cm³/mol. The van der Waals surface area contributed by atoms with E-state index in [1.165, 1.54) is 19.2 Å². The number of hydrogen-bond donors (Lipinski definition) is 0. The van der Waals surface area contributed by atoms with E-state index in [1.54, 1.807) is 6.07 Å². The molecule has 4 rings (SSSR count). The Morgan fingerprint density at radius 3 is 2.68 bits per heavy atom. The van der Waals surface area contributed by atoms with Gasteiger partial charge in [0.1, 0.15) is 9.52 Å². The summed E-state index contributed by atoms with van der Waals surface area (Å²) in [4.78, 5) is 16.5. The van der Waals surface area contributed by atoms with E-state index in [2.05, 4.69) is 32.4 Å². The minimum Gasteiger partial charge on any atom is -0.465 e. The van der Waals surface area contributed by atoms with E-state index >= 15 is 0 Å². The number of carbonyl (C=O) groups excluding carboxylic acids is 1. The Labute approximate surface area is 174 Å². The number of hydrogen-bond acceptors (Lipinski definition) is 4. The van der Waals surface area contributed by atoms with Gasteiger partial charge in [-0.25, -0.2) is 18.9 Å². The van der Waals surface area contributed by atoms with Crippen molar-refractivity contribution in [3.63, 3.8) is 0 Å². The summed E-state index contributed by atoms with van der Waals surface area (Å²) < 4.78 is 21.3. The standard InChI is InChI=1S/C21H15FIN3O2/c1-28-21(27)16-11-14(7-9-17(16)22)18-10-8-15-19(23)25-26(20(15)24-18)12-13-5-3-2-4-6-13/h2-11H,12H2,1H3. The molecule has 0 saturated carbocycles. The molecule has 0 saturated heterocycles. The molecule has 5 nitrogen and oxygen atoms in total. The molecule has 0 bridgehead atoms. The van der Waals surface area contributed by atoms with Crippen LogP contribution in [0.15, 0.2) is 60.7 Å². The predicted octanol–water partition coefficient (Wildman–Crippen LogP) is 4.68. The zero-order chi connectivity index (χ0) is 19.7. The SMILES string of the molecule is COC(=O)c1cc(-c2ccc3c(I)nn(Cc4ccccc4)c3n2)ccc1F. The summed E-state index contributed by atoms with van der Waals surface area (Å²) in [5, 5.41) is 5.54. The highest BCUT2D eigenvalue weighted by molar-refractivity contribution is 14.1. The molecule has 0 atom stereocenters. The summed E-state index contributed by atoms with van der Waals surface area (Å²) >= 11 is 2.19. The van der Waals surface area contributed by atoms with Crippen molar-refractivity contribution >= 4 is 39.6 Å². The van der Waals surface area contributed by atoms with Gasteiger partial charge in [0.25, 0.3) is 0 Å².